The fourth-order valence-electron chi connectivity index (χ4n) is 2.83. The zero-order valence-corrected chi connectivity index (χ0v) is 17.5. The Morgan fingerprint density at radius 3 is 2.67 bits per heavy atom. The Hall–Kier alpha value is -3.27. The molecule has 4 rings (SSSR count). The molecule has 7 nitrogen and oxygen atoms in total. The highest BCUT2D eigenvalue weighted by atomic mass is 32.2. The Morgan fingerprint density at radius 1 is 1.10 bits per heavy atom. The molecule has 9 heteroatoms. The second-order valence-electron chi connectivity index (χ2n) is 6.21. The average molecular weight is 434 g/mol. The predicted molar refractivity (Wildman–Crippen MR) is 124 cm³/mol. The molecule has 5 N–H and O–H groups in total. The molecule has 0 bridgehead atoms. The van der Waals surface area contributed by atoms with Crippen LogP contribution >= 0.6 is 23.3 Å². The van der Waals surface area contributed by atoms with Crippen LogP contribution in [0.3, 0.4) is 0 Å². The number of hydrogen-bond acceptors (Lipinski definition) is 6. The molecule has 0 saturated heterocycles. The number of H-pyrrole nitrogens is 1. The summed E-state index contributed by atoms with van der Waals surface area (Å²) in [7, 11) is 0. The molecule has 0 amide bonds. The molecule has 1 aromatic carbocycles. The van der Waals surface area contributed by atoms with E-state index in [-0.39, 0.29) is 5.84 Å². The van der Waals surface area contributed by atoms with E-state index in [2.05, 4.69) is 19.9 Å². The van der Waals surface area contributed by atoms with E-state index >= 15 is 0 Å². The first-order valence-electron chi connectivity index (χ1n) is 9.09. The molecule has 3 aromatic heterocycles. The average Bonchev–Trinajstić information content (AvgIpc) is 3.47. The van der Waals surface area contributed by atoms with Gasteiger partial charge in [0.1, 0.15) is 5.69 Å². The number of hydrogen-bond donors (Lipinski definition) is 3. The molecular formula is C21H19N7S2. The number of benzene rings is 1. The van der Waals surface area contributed by atoms with Crippen molar-refractivity contribution in [2.75, 3.05) is 0 Å². The predicted octanol–water partition coefficient (Wildman–Crippen LogP) is 3.85. The summed E-state index contributed by atoms with van der Waals surface area (Å²) in [5.74, 6) is 0.761. The van der Waals surface area contributed by atoms with Gasteiger partial charge in [0.2, 0.25) is 0 Å². The number of amidine groups is 2. The van der Waals surface area contributed by atoms with Crippen LogP contribution in [-0.2, 0) is 6.54 Å². The van der Waals surface area contributed by atoms with E-state index in [0.717, 1.165) is 38.8 Å². The van der Waals surface area contributed by atoms with Crippen molar-refractivity contribution in [1.29, 1.82) is 0 Å². The quantitative estimate of drug-likeness (QED) is 0.242. The van der Waals surface area contributed by atoms with Gasteiger partial charge in [-0.2, -0.15) is 0 Å². The van der Waals surface area contributed by atoms with Crippen LogP contribution in [0.15, 0.2) is 86.7 Å². The lowest BCUT2D eigenvalue weighted by Gasteiger charge is -2.06. The van der Waals surface area contributed by atoms with Crippen molar-refractivity contribution < 1.29 is 0 Å². The zero-order valence-electron chi connectivity index (χ0n) is 15.9. The Labute approximate surface area is 182 Å². The standard InChI is InChI=1S/C21H19N7S2/c22-19(17-13-29-21(27-17)30-23)28-20(26-12-15-8-4-5-10-24-15)18-16(9-11-25-18)14-6-2-1-3-7-14/h1-11,13,25H,12,23H2,(H2,22,26,28). The number of nitrogens with one attached hydrogen (secondary N) is 1. The first-order valence-corrected chi connectivity index (χ1v) is 10.8. The number of aliphatic imine (C=N–C) groups is 2. The van der Waals surface area contributed by atoms with Crippen LogP contribution in [0.2, 0.25) is 0 Å². The Bertz CT molecular complexity index is 1160. The first-order chi connectivity index (χ1) is 14.7. The summed E-state index contributed by atoms with van der Waals surface area (Å²) in [6.07, 6.45) is 3.61. The molecule has 4 aromatic rings. The number of aromatic amines is 1. The minimum atomic E-state index is 0.278. The minimum absolute atomic E-state index is 0.278. The molecule has 3 heterocycles. The maximum atomic E-state index is 6.26. The summed E-state index contributed by atoms with van der Waals surface area (Å²) in [5.41, 5.74) is 10.5. The second kappa shape index (κ2) is 9.49. The van der Waals surface area contributed by atoms with Gasteiger partial charge in [0.25, 0.3) is 0 Å². The van der Waals surface area contributed by atoms with Gasteiger partial charge in [0.15, 0.2) is 16.0 Å². The molecular weight excluding hydrogens is 414 g/mol. The largest absolute Gasteiger partial charge is 0.382 e. The van der Waals surface area contributed by atoms with E-state index in [1.54, 1.807) is 6.20 Å². The third-order valence-electron chi connectivity index (χ3n) is 4.25. The molecule has 0 aliphatic rings. The van der Waals surface area contributed by atoms with E-state index < -0.39 is 0 Å². The summed E-state index contributed by atoms with van der Waals surface area (Å²) < 4.78 is 0.722. The van der Waals surface area contributed by atoms with E-state index in [1.807, 2.05) is 66.2 Å². The van der Waals surface area contributed by atoms with Gasteiger partial charge >= 0.3 is 0 Å². The van der Waals surface area contributed by atoms with E-state index in [1.165, 1.54) is 11.3 Å². The second-order valence-corrected chi connectivity index (χ2v) is 7.95. The molecule has 30 heavy (non-hydrogen) atoms. The number of thiazole rings is 1. The van der Waals surface area contributed by atoms with Crippen molar-refractivity contribution in [3.8, 4) is 11.1 Å². The summed E-state index contributed by atoms with van der Waals surface area (Å²) in [6.45, 7) is 0.376. The number of nitrogens with zero attached hydrogens (tertiary/aromatic N) is 4. The fraction of sp³-hybridized carbons (Fsp3) is 0.0476. The third-order valence-corrected chi connectivity index (χ3v) is 5.75. The lowest BCUT2D eigenvalue weighted by Crippen LogP contribution is -2.17. The number of nitrogens with two attached hydrogens (primary N) is 2. The monoisotopic (exact) mass is 433 g/mol. The van der Waals surface area contributed by atoms with Gasteiger partial charge in [-0.25, -0.2) is 9.98 Å². The number of pyridine rings is 1. The van der Waals surface area contributed by atoms with E-state index in [9.17, 15) is 0 Å². The van der Waals surface area contributed by atoms with Crippen LogP contribution in [0.5, 0.6) is 0 Å². The topological polar surface area (TPSA) is 118 Å². The van der Waals surface area contributed by atoms with Gasteiger partial charge in [-0.1, -0.05) is 36.4 Å². The van der Waals surface area contributed by atoms with Crippen molar-refractivity contribution in [2.45, 2.75) is 10.9 Å². The maximum Gasteiger partial charge on any atom is 0.174 e. The Kier molecular flexibility index (Phi) is 6.33. The number of aromatic nitrogens is 3. The molecule has 0 atom stereocenters. The van der Waals surface area contributed by atoms with Crippen LogP contribution in [0.25, 0.3) is 11.1 Å². The number of rotatable bonds is 6. The summed E-state index contributed by atoms with van der Waals surface area (Å²) in [4.78, 5) is 21.3. The van der Waals surface area contributed by atoms with Gasteiger partial charge < -0.3 is 10.7 Å². The van der Waals surface area contributed by atoms with Gasteiger partial charge in [-0.15, -0.1) is 11.3 Å². The van der Waals surface area contributed by atoms with Crippen LogP contribution in [0.4, 0.5) is 0 Å². The molecule has 0 aliphatic heterocycles. The zero-order chi connectivity index (χ0) is 20.8. The SMILES string of the molecule is NSc1nc(C(N)=NC(=NCc2ccccn2)c2[nH]ccc2-c2ccccc2)cs1. The van der Waals surface area contributed by atoms with Crippen molar-refractivity contribution in [2.24, 2.45) is 20.9 Å². The summed E-state index contributed by atoms with van der Waals surface area (Å²) in [5, 5.41) is 7.42. The van der Waals surface area contributed by atoms with Crippen LogP contribution in [0, 0.1) is 0 Å². The van der Waals surface area contributed by atoms with Crippen LogP contribution in [0.1, 0.15) is 17.1 Å². The molecule has 150 valence electrons. The lowest BCUT2D eigenvalue weighted by atomic mass is 10.1. The summed E-state index contributed by atoms with van der Waals surface area (Å²) >= 11 is 2.50. The van der Waals surface area contributed by atoms with Crippen molar-refractivity contribution >= 4 is 35.0 Å². The van der Waals surface area contributed by atoms with Crippen molar-refractivity contribution in [3.63, 3.8) is 0 Å². The normalized spacial score (nSPS) is 12.3. The van der Waals surface area contributed by atoms with Crippen LogP contribution < -0.4 is 10.9 Å². The maximum absolute atomic E-state index is 6.26. The molecule has 0 saturated carbocycles. The van der Waals surface area contributed by atoms with Crippen molar-refractivity contribution in [1.82, 2.24) is 15.0 Å². The van der Waals surface area contributed by atoms with E-state index in [4.69, 9.17) is 15.9 Å². The fourth-order valence-corrected chi connectivity index (χ4v) is 3.89. The highest BCUT2D eigenvalue weighted by Gasteiger charge is 2.14. The van der Waals surface area contributed by atoms with Crippen molar-refractivity contribution in [3.05, 3.63) is 89.5 Å². The molecule has 0 radical (unpaired) electrons. The molecule has 0 aliphatic carbocycles. The summed E-state index contributed by atoms with van der Waals surface area (Å²) in [6, 6.07) is 17.8. The lowest BCUT2D eigenvalue weighted by molar-refractivity contribution is 0.984. The van der Waals surface area contributed by atoms with Crippen LogP contribution in [-0.4, -0.2) is 26.6 Å². The highest BCUT2D eigenvalue weighted by Crippen LogP contribution is 2.24. The van der Waals surface area contributed by atoms with Gasteiger partial charge in [-0.3, -0.25) is 15.1 Å². The minimum Gasteiger partial charge on any atom is -0.382 e. The van der Waals surface area contributed by atoms with Gasteiger partial charge in [-0.05, 0) is 35.7 Å². The smallest absolute Gasteiger partial charge is 0.174 e. The first kappa shape index (κ1) is 20.0. The Morgan fingerprint density at radius 2 is 1.93 bits per heavy atom. The Balaban J connectivity index is 1.75. The highest BCUT2D eigenvalue weighted by molar-refractivity contribution is 7.98. The molecule has 0 fully saturated rings. The molecule has 0 spiro atoms. The van der Waals surface area contributed by atoms with E-state index in [0.29, 0.717) is 18.1 Å². The van der Waals surface area contributed by atoms with Gasteiger partial charge in [0.05, 0.1) is 17.9 Å². The molecule has 0 unspecified atom stereocenters. The van der Waals surface area contributed by atoms with Gasteiger partial charge in [0, 0.05) is 23.3 Å². The third kappa shape index (κ3) is 4.65.